The maximum atomic E-state index is 13.3. The van der Waals surface area contributed by atoms with Crippen molar-refractivity contribution in [1.82, 2.24) is 14.1 Å². The van der Waals surface area contributed by atoms with Crippen LogP contribution < -0.4 is 11.2 Å². The maximum Gasteiger partial charge on any atom is 0.332 e. The Kier molecular flexibility index (Phi) is 4.00. The third-order valence-corrected chi connectivity index (χ3v) is 6.19. The molecule has 5 rings (SSSR count). The van der Waals surface area contributed by atoms with Crippen LogP contribution in [-0.4, -0.2) is 19.9 Å². The van der Waals surface area contributed by atoms with Gasteiger partial charge in [0, 0.05) is 30.8 Å². The molecular weight excluding hydrogens is 425 g/mol. The second-order valence-electron chi connectivity index (χ2n) is 7.12. The summed E-state index contributed by atoms with van der Waals surface area (Å²) in [7, 11) is 2.94. The molecule has 30 heavy (non-hydrogen) atoms. The minimum Gasteiger partial charge on any atom is -0.288 e. The van der Waals surface area contributed by atoms with E-state index in [0.717, 1.165) is 4.57 Å². The fraction of sp³-hybridized carbons (Fsp3) is 0.0909. The van der Waals surface area contributed by atoms with Gasteiger partial charge in [0.15, 0.2) is 11.4 Å². The van der Waals surface area contributed by atoms with E-state index in [1.165, 1.54) is 11.6 Å². The molecule has 2 heterocycles. The van der Waals surface area contributed by atoms with Crippen LogP contribution in [0.4, 0.5) is 0 Å². The highest BCUT2D eigenvalue weighted by molar-refractivity contribution is 6.42. The van der Waals surface area contributed by atoms with E-state index in [1.807, 2.05) is 6.07 Å². The number of pyridine rings is 1. The number of halogens is 2. The molecule has 2 aromatic carbocycles. The number of hydrogen-bond donors (Lipinski definition) is 0. The van der Waals surface area contributed by atoms with Gasteiger partial charge >= 0.3 is 5.69 Å². The van der Waals surface area contributed by atoms with E-state index in [9.17, 15) is 14.4 Å². The molecule has 0 radical (unpaired) electrons. The van der Waals surface area contributed by atoms with Gasteiger partial charge in [-0.05, 0) is 17.7 Å². The van der Waals surface area contributed by atoms with Crippen LogP contribution >= 0.6 is 23.2 Å². The Balaban J connectivity index is 2.07. The fourth-order valence-electron chi connectivity index (χ4n) is 3.97. The van der Waals surface area contributed by atoms with Crippen LogP contribution in [0.1, 0.15) is 15.9 Å². The summed E-state index contributed by atoms with van der Waals surface area (Å²) < 4.78 is 2.31. The molecule has 0 saturated heterocycles. The third kappa shape index (κ3) is 2.38. The van der Waals surface area contributed by atoms with E-state index in [1.54, 1.807) is 43.4 Å². The SMILES string of the molecule is Cn1c(=O)c2c(-c3ccc(Cl)c(Cl)c3)c3c(nc2n(C)c1=O)-c1ccccc1C3=O. The number of ketones is 1. The van der Waals surface area contributed by atoms with Crippen molar-refractivity contribution in [2.24, 2.45) is 14.1 Å². The summed E-state index contributed by atoms with van der Waals surface area (Å²) in [6.45, 7) is 0. The van der Waals surface area contributed by atoms with Gasteiger partial charge in [0.05, 0.1) is 26.7 Å². The van der Waals surface area contributed by atoms with Crippen LogP contribution in [0.2, 0.25) is 10.0 Å². The molecule has 6 nitrogen and oxygen atoms in total. The lowest BCUT2D eigenvalue weighted by Gasteiger charge is -2.15. The number of aryl methyl sites for hydroxylation is 1. The Morgan fingerprint density at radius 2 is 1.53 bits per heavy atom. The monoisotopic (exact) mass is 437 g/mol. The number of carbonyl (C=O) groups excluding carboxylic acids is 1. The van der Waals surface area contributed by atoms with Gasteiger partial charge in [-0.3, -0.25) is 18.7 Å². The Bertz CT molecular complexity index is 1550. The first-order valence-electron chi connectivity index (χ1n) is 9.04. The molecule has 0 saturated carbocycles. The molecule has 0 bridgehead atoms. The Hall–Kier alpha value is -3.22. The minimum atomic E-state index is -0.534. The van der Waals surface area contributed by atoms with E-state index in [0.29, 0.717) is 38.5 Å². The van der Waals surface area contributed by atoms with Gasteiger partial charge in [0.25, 0.3) is 5.56 Å². The van der Waals surface area contributed by atoms with Crippen LogP contribution in [-0.2, 0) is 14.1 Å². The predicted molar refractivity (Wildman–Crippen MR) is 117 cm³/mol. The summed E-state index contributed by atoms with van der Waals surface area (Å²) in [6.07, 6.45) is 0. The van der Waals surface area contributed by atoms with E-state index in [2.05, 4.69) is 4.98 Å². The maximum absolute atomic E-state index is 13.3. The lowest BCUT2D eigenvalue weighted by Crippen LogP contribution is -2.37. The first-order chi connectivity index (χ1) is 14.3. The molecule has 0 amide bonds. The molecule has 4 aromatic rings. The highest BCUT2D eigenvalue weighted by atomic mass is 35.5. The number of rotatable bonds is 1. The van der Waals surface area contributed by atoms with Gasteiger partial charge in [-0.2, -0.15) is 0 Å². The summed E-state index contributed by atoms with van der Waals surface area (Å²) in [5.74, 6) is -0.230. The zero-order valence-corrected chi connectivity index (χ0v) is 17.4. The molecular formula is C22H13Cl2N3O3. The molecule has 2 aromatic heterocycles. The van der Waals surface area contributed by atoms with Crippen molar-refractivity contribution in [3.8, 4) is 22.4 Å². The molecule has 1 aliphatic carbocycles. The summed E-state index contributed by atoms with van der Waals surface area (Å²) in [5.41, 5.74) is 2.02. The highest BCUT2D eigenvalue weighted by Gasteiger charge is 2.34. The lowest BCUT2D eigenvalue weighted by molar-refractivity contribution is 0.104. The molecule has 0 atom stereocenters. The van der Waals surface area contributed by atoms with Gasteiger partial charge in [0.1, 0.15) is 0 Å². The molecule has 0 aliphatic heterocycles. The number of aromatic nitrogens is 3. The number of benzene rings is 2. The lowest BCUT2D eigenvalue weighted by atomic mass is 9.95. The van der Waals surface area contributed by atoms with E-state index >= 15 is 0 Å². The Morgan fingerprint density at radius 1 is 0.833 bits per heavy atom. The zero-order chi connectivity index (χ0) is 21.3. The normalized spacial score (nSPS) is 12.3. The summed E-state index contributed by atoms with van der Waals surface area (Å²) in [6, 6.07) is 12.0. The Morgan fingerprint density at radius 3 is 2.23 bits per heavy atom. The van der Waals surface area contributed by atoms with E-state index in [4.69, 9.17) is 23.2 Å². The highest BCUT2D eigenvalue weighted by Crippen LogP contribution is 2.43. The third-order valence-electron chi connectivity index (χ3n) is 5.45. The first kappa shape index (κ1) is 18.8. The molecule has 148 valence electrons. The van der Waals surface area contributed by atoms with Gasteiger partial charge in [0.2, 0.25) is 0 Å². The van der Waals surface area contributed by atoms with Gasteiger partial charge in [-0.25, -0.2) is 9.78 Å². The van der Waals surface area contributed by atoms with Gasteiger partial charge in [-0.15, -0.1) is 0 Å². The number of carbonyl (C=O) groups is 1. The van der Waals surface area contributed by atoms with Crippen LogP contribution in [0.3, 0.4) is 0 Å². The minimum absolute atomic E-state index is 0.179. The van der Waals surface area contributed by atoms with Crippen LogP contribution in [0.5, 0.6) is 0 Å². The second kappa shape index (κ2) is 6.39. The van der Waals surface area contributed by atoms with E-state index < -0.39 is 11.2 Å². The quantitative estimate of drug-likeness (QED) is 0.399. The molecule has 0 unspecified atom stereocenters. The zero-order valence-electron chi connectivity index (χ0n) is 15.9. The van der Waals surface area contributed by atoms with Crippen molar-refractivity contribution < 1.29 is 4.79 Å². The predicted octanol–water partition coefficient (Wildman–Crippen LogP) is 3.82. The van der Waals surface area contributed by atoms with Gasteiger partial charge in [-0.1, -0.05) is 53.5 Å². The van der Waals surface area contributed by atoms with Crippen molar-refractivity contribution in [2.45, 2.75) is 0 Å². The molecule has 1 aliphatic rings. The average Bonchev–Trinajstić information content (AvgIpc) is 3.03. The van der Waals surface area contributed by atoms with Crippen molar-refractivity contribution in [3.05, 3.63) is 84.5 Å². The van der Waals surface area contributed by atoms with Gasteiger partial charge < -0.3 is 0 Å². The topological polar surface area (TPSA) is 74.0 Å². The van der Waals surface area contributed by atoms with Crippen LogP contribution in [0.25, 0.3) is 33.4 Å². The molecule has 8 heteroatoms. The number of fused-ring (bicyclic) bond motifs is 4. The van der Waals surface area contributed by atoms with Crippen LogP contribution in [0, 0.1) is 0 Å². The fourth-order valence-corrected chi connectivity index (χ4v) is 4.27. The van der Waals surface area contributed by atoms with Crippen molar-refractivity contribution in [1.29, 1.82) is 0 Å². The molecule has 0 N–H and O–H groups in total. The van der Waals surface area contributed by atoms with Crippen molar-refractivity contribution in [2.75, 3.05) is 0 Å². The van der Waals surface area contributed by atoms with Crippen molar-refractivity contribution >= 4 is 40.0 Å². The second-order valence-corrected chi connectivity index (χ2v) is 7.93. The van der Waals surface area contributed by atoms with Crippen molar-refractivity contribution in [3.63, 3.8) is 0 Å². The standard InChI is InChI=1S/C22H13Cl2N3O3/c1-26-20-17(21(29)27(2)22(26)30)15(10-7-8-13(23)14(24)9-10)16-18(25-20)11-5-3-4-6-12(11)19(16)28/h3-9H,1-2H3. The molecule has 0 fully saturated rings. The first-order valence-corrected chi connectivity index (χ1v) is 9.80. The average molecular weight is 438 g/mol. The van der Waals surface area contributed by atoms with Crippen LogP contribution in [0.15, 0.2) is 52.1 Å². The van der Waals surface area contributed by atoms with E-state index in [-0.39, 0.29) is 21.8 Å². The number of hydrogen-bond acceptors (Lipinski definition) is 4. The summed E-state index contributed by atoms with van der Waals surface area (Å²) >= 11 is 12.3. The Labute approximate surface area is 179 Å². The summed E-state index contributed by atoms with van der Waals surface area (Å²) in [5, 5.41) is 0.820. The molecule has 0 spiro atoms. The largest absolute Gasteiger partial charge is 0.332 e. The number of nitrogens with zero attached hydrogens (tertiary/aromatic N) is 3. The smallest absolute Gasteiger partial charge is 0.288 e. The summed E-state index contributed by atoms with van der Waals surface area (Å²) in [4.78, 5) is 43.7.